The molecule has 2 aliphatic rings. The summed E-state index contributed by atoms with van der Waals surface area (Å²) < 4.78 is 34.5. The molecule has 0 amide bonds. The summed E-state index contributed by atoms with van der Waals surface area (Å²) in [5.74, 6) is 0.627. The molecule has 0 spiro atoms. The van der Waals surface area contributed by atoms with Crippen LogP contribution in [-0.2, 0) is 25.8 Å². The number of aliphatic carboxylic acids is 1. The van der Waals surface area contributed by atoms with Gasteiger partial charge < -0.3 is 19.0 Å². The number of sulfonamides is 1. The zero-order chi connectivity index (χ0) is 19.9. The number of carbonyl (C=O) groups is 1. The van der Waals surface area contributed by atoms with E-state index < -0.39 is 22.4 Å². The van der Waals surface area contributed by atoms with Crippen LogP contribution in [-0.4, -0.2) is 54.9 Å². The predicted molar refractivity (Wildman–Crippen MR) is 98.7 cm³/mol. The summed E-state index contributed by atoms with van der Waals surface area (Å²) in [5.41, 5.74) is 0. The summed E-state index contributed by atoms with van der Waals surface area (Å²) in [6.07, 6.45) is 2.48. The molecular weight excluding hydrogens is 384 g/mol. The zero-order valence-corrected chi connectivity index (χ0v) is 16.3. The van der Waals surface area contributed by atoms with Crippen molar-refractivity contribution in [2.75, 3.05) is 20.2 Å². The zero-order valence-electron chi connectivity index (χ0n) is 15.5. The number of hydrogen-bond acceptors (Lipinski definition) is 6. The first-order valence-corrected chi connectivity index (χ1v) is 10.7. The molecular formula is C18H22N4O5S. The molecule has 3 atom stereocenters. The van der Waals surface area contributed by atoms with Crippen LogP contribution in [0.1, 0.15) is 42.9 Å². The topological polar surface area (TPSA) is 121 Å². The normalized spacial score (nSPS) is 24.5. The van der Waals surface area contributed by atoms with Crippen LogP contribution in [0.5, 0.6) is 5.75 Å². The SMILES string of the molecule is COc1cccc([S+](=O)([O-])N2CCCC(c3nnc4n3C(C(=O)O)CC4)C2)c1. The van der Waals surface area contributed by atoms with Crippen molar-refractivity contribution in [3.63, 3.8) is 0 Å². The molecule has 0 radical (unpaired) electrons. The fourth-order valence-electron chi connectivity index (χ4n) is 4.04. The Bertz CT molecular complexity index is 946. The van der Waals surface area contributed by atoms with E-state index >= 15 is 0 Å². The third-order valence-corrected chi connectivity index (χ3v) is 7.32. The number of hydrogen-bond donors (Lipinski definition) is 1. The highest BCUT2D eigenvalue weighted by Gasteiger charge is 2.40. The number of piperidine rings is 1. The lowest BCUT2D eigenvalue weighted by Gasteiger charge is -2.34. The van der Waals surface area contributed by atoms with E-state index in [0.717, 1.165) is 6.42 Å². The van der Waals surface area contributed by atoms with Crippen molar-refractivity contribution in [2.45, 2.75) is 42.5 Å². The van der Waals surface area contributed by atoms with Crippen LogP contribution in [0.25, 0.3) is 0 Å². The van der Waals surface area contributed by atoms with Crippen molar-refractivity contribution < 1.29 is 23.4 Å². The second-order valence-corrected chi connectivity index (χ2v) is 9.06. The van der Waals surface area contributed by atoms with E-state index in [4.69, 9.17) is 4.74 Å². The fraction of sp³-hybridized carbons (Fsp3) is 0.500. The van der Waals surface area contributed by atoms with E-state index in [0.29, 0.717) is 43.2 Å². The van der Waals surface area contributed by atoms with E-state index in [1.165, 1.54) is 17.5 Å². The number of aryl methyl sites for hydroxylation is 1. The summed E-state index contributed by atoms with van der Waals surface area (Å²) in [4.78, 5) is 11.8. The van der Waals surface area contributed by atoms with Gasteiger partial charge in [0, 0.05) is 24.9 Å². The van der Waals surface area contributed by atoms with Gasteiger partial charge in [-0.1, -0.05) is 10.3 Å². The van der Waals surface area contributed by atoms with Crippen molar-refractivity contribution in [1.82, 2.24) is 19.1 Å². The molecule has 28 heavy (non-hydrogen) atoms. The molecule has 2 aromatic rings. The lowest BCUT2D eigenvalue weighted by Crippen LogP contribution is -2.43. The van der Waals surface area contributed by atoms with E-state index in [1.54, 1.807) is 22.8 Å². The molecule has 0 saturated carbocycles. The molecule has 3 heterocycles. The Balaban J connectivity index is 1.61. The molecule has 1 aromatic carbocycles. The van der Waals surface area contributed by atoms with Gasteiger partial charge in [0.15, 0.2) is 15.3 Å². The predicted octanol–water partition coefficient (Wildman–Crippen LogP) is 1.64. The van der Waals surface area contributed by atoms with Gasteiger partial charge >= 0.3 is 5.97 Å². The summed E-state index contributed by atoms with van der Waals surface area (Å²) >= 11 is 0. The second kappa shape index (κ2) is 7.26. The van der Waals surface area contributed by atoms with Crippen LogP contribution in [0.2, 0.25) is 0 Å². The lowest BCUT2D eigenvalue weighted by atomic mass is 9.98. The standard InChI is InChI=1S/C18H22N4O5S/c1-27-13-5-2-6-14(10-13)28(25,26)21-9-3-4-12(11-21)17-20-19-16-8-7-15(18(23)24)22(16)17/h2,5-6,10,12,15H,3-4,7-9,11H2,1H3,(H-,23,24,25,26). The number of ether oxygens (including phenoxy) is 1. The molecule has 0 bridgehead atoms. The molecule has 1 N–H and O–H groups in total. The minimum absolute atomic E-state index is 0.183. The van der Waals surface area contributed by atoms with Gasteiger partial charge in [-0.3, -0.25) is 0 Å². The summed E-state index contributed by atoms with van der Waals surface area (Å²) in [5, 5.41) is 17.8. The maximum atomic E-state index is 13.1. The third-order valence-electron chi connectivity index (χ3n) is 5.46. The number of methoxy groups -OCH3 is 1. The lowest BCUT2D eigenvalue weighted by molar-refractivity contribution is -0.140. The van der Waals surface area contributed by atoms with Gasteiger partial charge in [-0.25, -0.2) is 4.79 Å². The van der Waals surface area contributed by atoms with Gasteiger partial charge in [0.05, 0.1) is 13.7 Å². The first-order chi connectivity index (χ1) is 13.4. The number of carboxylic acid groups (broad SMARTS) is 1. The van der Waals surface area contributed by atoms with Gasteiger partial charge in [0.25, 0.3) is 0 Å². The van der Waals surface area contributed by atoms with Crippen molar-refractivity contribution >= 4 is 16.4 Å². The largest absolute Gasteiger partial charge is 0.593 e. The first-order valence-electron chi connectivity index (χ1n) is 9.22. The highest BCUT2D eigenvalue weighted by Crippen LogP contribution is 2.36. The van der Waals surface area contributed by atoms with Crippen LogP contribution in [0.3, 0.4) is 0 Å². The number of carboxylic acids is 1. The Labute approximate surface area is 163 Å². The Morgan fingerprint density at radius 2 is 2.18 bits per heavy atom. The number of rotatable bonds is 5. The molecule has 4 rings (SSSR count). The van der Waals surface area contributed by atoms with Crippen molar-refractivity contribution in [3.8, 4) is 5.75 Å². The van der Waals surface area contributed by atoms with E-state index in [-0.39, 0.29) is 17.4 Å². The third kappa shape index (κ3) is 3.21. The van der Waals surface area contributed by atoms with Crippen molar-refractivity contribution in [1.29, 1.82) is 0 Å². The molecule has 9 nitrogen and oxygen atoms in total. The maximum absolute atomic E-state index is 13.1. The van der Waals surface area contributed by atoms with E-state index in [9.17, 15) is 18.7 Å². The molecule has 1 fully saturated rings. The summed E-state index contributed by atoms with van der Waals surface area (Å²) in [6, 6.07) is 5.73. The second-order valence-electron chi connectivity index (χ2n) is 7.12. The smallest absolute Gasteiger partial charge is 0.326 e. The minimum Gasteiger partial charge on any atom is -0.593 e. The Morgan fingerprint density at radius 1 is 1.36 bits per heavy atom. The van der Waals surface area contributed by atoms with E-state index in [2.05, 4.69) is 10.2 Å². The Morgan fingerprint density at radius 3 is 2.93 bits per heavy atom. The molecule has 0 aliphatic carbocycles. The average molecular weight is 406 g/mol. The molecule has 150 valence electrons. The fourth-order valence-corrected chi connectivity index (χ4v) is 5.60. The van der Waals surface area contributed by atoms with Crippen LogP contribution < -0.4 is 4.74 Å². The highest BCUT2D eigenvalue weighted by atomic mass is 32.3. The highest BCUT2D eigenvalue weighted by molar-refractivity contribution is 7.95. The van der Waals surface area contributed by atoms with Gasteiger partial charge in [-0.2, -0.15) is 0 Å². The van der Waals surface area contributed by atoms with Crippen LogP contribution >= 0.6 is 0 Å². The number of fused-ring (bicyclic) bond motifs is 1. The summed E-state index contributed by atoms with van der Waals surface area (Å²) in [7, 11) is -2.19. The van der Waals surface area contributed by atoms with Gasteiger partial charge in [-0.05, 0) is 31.4 Å². The maximum Gasteiger partial charge on any atom is 0.326 e. The van der Waals surface area contributed by atoms with Crippen LogP contribution in [0.15, 0.2) is 29.2 Å². The first kappa shape index (κ1) is 19.0. The van der Waals surface area contributed by atoms with Gasteiger partial charge in [-0.15, -0.1) is 14.5 Å². The quantitative estimate of drug-likeness (QED) is 0.749. The number of aromatic nitrogens is 3. The van der Waals surface area contributed by atoms with Crippen molar-refractivity contribution in [3.05, 3.63) is 35.9 Å². The monoisotopic (exact) mass is 406 g/mol. The molecule has 1 saturated heterocycles. The van der Waals surface area contributed by atoms with Crippen molar-refractivity contribution in [2.24, 2.45) is 0 Å². The van der Waals surface area contributed by atoms with Gasteiger partial charge in [0.1, 0.15) is 23.4 Å². The number of nitrogens with zero attached hydrogens (tertiary/aromatic N) is 4. The van der Waals surface area contributed by atoms with Gasteiger partial charge in [0.2, 0.25) is 0 Å². The molecule has 3 unspecified atom stereocenters. The van der Waals surface area contributed by atoms with Crippen LogP contribution in [0, 0.1) is 0 Å². The molecule has 1 aromatic heterocycles. The molecule has 10 heteroatoms. The Hall–Kier alpha value is -2.30. The van der Waals surface area contributed by atoms with E-state index in [1.807, 2.05) is 0 Å². The molecule has 2 aliphatic heterocycles. The van der Waals surface area contributed by atoms with Crippen LogP contribution in [0.4, 0.5) is 0 Å². The summed E-state index contributed by atoms with van der Waals surface area (Å²) in [6.45, 7) is 0.670. The average Bonchev–Trinajstić information content (AvgIpc) is 3.30. The number of benzene rings is 1. The Kier molecular flexibility index (Phi) is 4.94. The minimum atomic E-state index is -3.68.